The maximum Gasteiger partial charge on any atom is 0.407 e. The SMILES string of the molecule is C=CC(c1cccnc1)S(=O)(=O)n1cc(CCNC(=O)OC(C)(C)C)cc1-c1ccc(F)cc1. The van der Waals surface area contributed by atoms with Gasteiger partial charge in [0.05, 0.1) is 5.69 Å². The van der Waals surface area contributed by atoms with E-state index in [2.05, 4.69) is 16.9 Å². The van der Waals surface area contributed by atoms with Crippen LogP contribution in [-0.4, -0.2) is 35.6 Å². The van der Waals surface area contributed by atoms with Crippen LogP contribution in [0.15, 0.2) is 73.7 Å². The molecule has 0 aliphatic heterocycles. The van der Waals surface area contributed by atoms with Gasteiger partial charge < -0.3 is 10.1 Å². The number of pyridine rings is 1. The predicted molar refractivity (Wildman–Crippen MR) is 129 cm³/mol. The van der Waals surface area contributed by atoms with Crippen molar-refractivity contribution in [3.05, 3.63) is 90.7 Å². The lowest BCUT2D eigenvalue weighted by Gasteiger charge is -2.19. The zero-order valence-corrected chi connectivity index (χ0v) is 20.2. The van der Waals surface area contributed by atoms with Crippen LogP contribution < -0.4 is 5.32 Å². The first kappa shape index (κ1) is 25.2. The Bertz CT molecular complexity index is 1250. The zero-order chi connectivity index (χ0) is 24.9. The third kappa shape index (κ3) is 6.11. The van der Waals surface area contributed by atoms with Crippen LogP contribution in [-0.2, 0) is 21.2 Å². The third-order valence-electron chi connectivity index (χ3n) is 4.89. The second-order valence-corrected chi connectivity index (χ2v) is 10.6. The Morgan fingerprint density at radius 2 is 1.97 bits per heavy atom. The normalized spacial score (nSPS) is 12.7. The number of hydrogen-bond donors (Lipinski definition) is 1. The lowest BCUT2D eigenvalue weighted by molar-refractivity contribution is 0.0528. The number of hydrogen-bond acceptors (Lipinski definition) is 5. The molecule has 1 unspecified atom stereocenters. The lowest BCUT2D eigenvalue weighted by Crippen LogP contribution is -2.33. The molecule has 0 aliphatic carbocycles. The molecule has 0 fully saturated rings. The minimum Gasteiger partial charge on any atom is -0.444 e. The quantitative estimate of drug-likeness (QED) is 0.460. The average Bonchev–Trinajstić information content (AvgIpc) is 3.19. The van der Waals surface area contributed by atoms with E-state index >= 15 is 0 Å². The van der Waals surface area contributed by atoms with Gasteiger partial charge in [-0.1, -0.05) is 12.1 Å². The molecular formula is C25H28FN3O4S. The molecule has 2 heterocycles. The molecular weight excluding hydrogens is 457 g/mol. The van der Waals surface area contributed by atoms with E-state index in [-0.39, 0.29) is 6.54 Å². The van der Waals surface area contributed by atoms with Crippen molar-refractivity contribution < 1.29 is 22.3 Å². The molecule has 9 heteroatoms. The highest BCUT2D eigenvalue weighted by atomic mass is 32.2. The summed E-state index contributed by atoms with van der Waals surface area (Å²) in [6.07, 6.45) is 5.72. The molecule has 0 bridgehead atoms. The van der Waals surface area contributed by atoms with Gasteiger partial charge in [0.1, 0.15) is 16.7 Å². The summed E-state index contributed by atoms with van der Waals surface area (Å²) >= 11 is 0. The maximum atomic E-state index is 13.7. The van der Waals surface area contributed by atoms with Crippen molar-refractivity contribution in [2.24, 2.45) is 0 Å². The minimum atomic E-state index is -3.98. The molecule has 1 aromatic carbocycles. The predicted octanol–water partition coefficient (Wildman–Crippen LogP) is 4.86. The van der Waals surface area contributed by atoms with Crippen molar-refractivity contribution in [2.45, 2.75) is 38.0 Å². The Labute approximate surface area is 199 Å². The summed E-state index contributed by atoms with van der Waals surface area (Å²) in [5.74, 6) is -0.425. The molecule has 0 saturated carbocycles. The molecule has 1 atom stereocenters. The molecule has 0 spiro atoms. The fourth-order valence-corrected chi connectivity index (χ4v) is 5.08. The lowest BCUT2D eigenvalue weighted by atomic mass is 10.1. The van der Waals surface area contributed by atoms with Crippen LogP contribution >= 0.6 is 0 Å². The smallest absolute Gasteiger partial charge is 0.407 e. The van der Waals surface area contributed by atoms with Gasteiger partial charge >= 0.3 is 6.09 Å². The van der Waals surface area contributed by atoms with Crippen LogP contribution in [0, 0.1) is 5.82 Å². The summed E-state index contributed by atoms with van der Waals surface area (Å²) in [5.41, 5.74) is 1.44. The number of carbonyl (C=O) groups excluding carboxylic acids is 1. The van der Waals surface area contributed by atoms with E-state index in [1.54, 1.807) is 45.2 Å². The maximum absolute atomic E-state index is 13.7. The van der Waals surface area contributed by atoms with E-state index in [0.29, 0.717) is 28.8 Å². The van der Waals surface area contributed by atoms with Crippen molar-refractivity contribution in [2.75, 3.05) is 6.54 Å². The Balaban J connectivity index is 1.95. The number of rotatable bonds is 8. The first-order valence-electron chi connectivity index (χ1n) is 10.7. The zero-order valence-electron chi connectivity index (χ0n) is 19.4. The number of aromatic nitrogens is 2. The van der Waals surface area contributed by atoms with Gasteiger partial charge in [-0.3, -0.25) is 4.98 Å². The highest BCUT2D eigenvalue weighted by Crippen LogP contribution is 2.31. The number of ether oxygens (including phenoxy) is 1. The fraction of sp³-hybridized carbons (Fsp3) is 0.280. The summed E-state index contributed by atoms with van der Waals surface area (Å²) in [6, 6.07) is 10.6. The number of nitrogens with one attached hydrogen (secondary N) is 1. The van der Waals surface area contributed by atoms with Crippen molar-refractivity contribution in [1.29, 1.82) is 0 Å². The molecule has 0 saturated heterocycles. The fourth-order valence-electron chi connectivity index (χ4n) is 3.39. The van der Waals surface area contributed by atoms with Gasteiger partial charge in [0.2, 0.25) is 10.0 Å². The summed E-state index contributed by atoms with van der Waals surface area (Å²) in [7, 11) is -3.98. The molecule has 180 valence electrons. The number of carbonyl (C=O) groups is 1. The number of halogens is 1. The van der Waals surface area contributed by atoms with E-state index in [1.165, 1.54) is 46.7 Å². The number of amides is 1. The van der Waals surface area contributed by atoms with Gasteiger partial charge in [-0.25, -0.2) is 21.6 Å². The highest BCUT2D eigenvalue weighted by Gasteiger charge is 2.29. The van der Waals surface area contributed by atoms with Crippen LogP contribution in [0.2, 0.25) is 0 Å². The molecule has 3 rings (SSSR count). The van der Waals surface area contributed by atoms with E-state index < -0.39 is 32.8 Å². The monoisotopic (exact) mass is 485 g/mol. The first-order chi connectivity index (χ1) is 16.0. The van der Waals surface area contributed by atoms with Crippen molar-refractivity contribution >= 4 is 16.1 Å². The molecule has 34 heavy (non-hydrogen) atoms. The van der Waals surface area contributed by atoms with E-state index in [1.807, 2.05) is 0 Å². The summed E-state index contributed by atoms with van der Waals surface area (Å²) in [4.78, 5) is 16.0. The van der Waals surface area contributed by atoms with Gasteiger partial charge in [0.25, 0.3) is 0 Å². The Morgan fingerprint density at radius 3 is 2.56 bits per heavy atom. The first-order valence-corrected chi connectivity index (χ1v) is 12.2. The summed E-state index contributed by atoms with van der Waals surface area (Å²) < 4.78 is 47.3. The van der Waals surface area contributed by atoms with Crippen LogP contribution in [0.25, 0.3) is 11.3 Å². The Morgan fingerprint density at radius 1 is 1.26 bits per heavy atom. The topological polar surface area (TPSA) is 90.3 Å². The molecule has 7 nitrogen and oxygen atoms in total. The van der Waals surface area contributed by atoms with Gasteiger partial charge in [0, 0.05) is 25.1 Å². The third-order valence-corrected chi connectivity index (χ3v) is 6.84. The largest absolute Gasteiger partial charge is 0.444 e. The van der Waals surface area contributed by atoms with Crippen molar-refractivity contribution in [3.63, 3.8) is 0 Å². The average molecular weight is 486 g/mol. The number of alkyl carbamates (subject to hydrolysis) is 1. The van der Waals surface area contributed by atoms with Gasteiger partial charge in [0.15, 0.2) is 0 Å². The Hall–Kier alpha value is -3.46. The molecule has 1 N–H and O–H groups in total. The van der Waals surface area contributed by atoms with E-state index in [4.69, 9.17) is 4.74 Å². The van der Waals surface area contributed by atoms with Crippen LogP contribution in [0.4, 0.5) is 9.18 Å². The van der Waals surface area contributed by atoms with E-state index in [0.717, 1.165) is 0 Å². The molecule has 2 aromatic heterocycles. The summed E-state index contributed by atoms with van der Waals surface area (Å²) in [5, 5.41) is 1.63. The Kier molecular flexibility index (Phi) is 7.56. The van der Waals surface area contributed by atoms with Gasteiger partial charge in [-0.05, 0) is 80.3 Å². The van der Waals surface area contributed by atoms with E-state index in [9.17, 15) is 17.6 Å². The second kappa shape index (κ2) is 10.2. The number of nitrogens with zero attached hydrogens (tertiary/aromatic N) is 2. The van der Waals surface area contributed by atoms with Gasteiger partial charge in [-0.15, -0.1) is 6.58 Å². The standard InChI is InChI=1S/C25H28FN3O4S/c1-5-23(20-7-6-13-27-16-20)34(31,32)29-17-18(12-14-28-24(30)33-25(2,3)4)15-22(29)19-8-10-21(26)11-9-19/h5-11,13,15-17,23H,1,12,14H2,2-4H3,(H,28,30). The van der Waals surface area contributed by atoms with Crippen molar-refractivity contribution in [3.8, 4) is 11.3 Å². The molecule has 0 radical (unpaired) electrons. The van der Waals surface area contributed by atoms with Crippen LogP contribution in [0.1, 0.15) is 37.1 Å². The van der Waals surface area contributed by atoms with Crippen LogP contribution in [0.3, 0.4) is 0 Å². The molecule has 3 aromatic rings. The second-order valence-electron chi connectivity index (χ2n) is 8.70. The molecule has 1 amide bonds. The molecule has 0 aliphatic rings. The minimum absolute atomic E-state index is 0.245. The van der Waals surface area contributed by atoms with Crippen molar-refractivity contribution in [1.82, 2.24) is 14.3 Å². The van der Waals surface area contributed by atoms with Gasteiger partial charge in [-0.2, -0.15) is 0 Å². The van der Waals surface area contributed by atoms with Crippen LogP contribution in [0.5, 0.6) is 0 Å². The highest BCUT2D eigenvalue weighted by molar-refractivity contribution is 7.90. The summed E-state index contributed by atoms with van der Waals surface area (Å²) in [6.45, 7) is 9.27. The number of benzene rings is 1.